The van der Waals surface area contributed by atoms with Crippen molar-refractivity contribution in [2.24, 2.45) is 0 Å². The number of hydrogen-bond donors (Lipinski definition) is 2. The van der Waals surface area contributed by atoms with Crippen LogP contribution in [0, 0.1) is 11.6 Å². The lowest BCUT2D eigenvalue weighted by Gasteiger charge is -2.13. The number of rotatable bonds is 2. The minimum Gasteiger partial charge on any atom is -0.490 e. The summed E-state index contributed by atoms with van der Waals surface area (Å²) in [6.45, 7) is 0.0162. The van der Waals surface area contributed by atoms with Gasteiger partial charge in [-0.3, -0.25) is 4.79 Å². The monoisotopic (exact) mass is 341 g/mol. The van der Waals surface area contributed by atoms with Gasteiger partial charge < -0.3 is 15.8 Å². The maximum atomic E-state index is 14.0. The summed E-state index contributed by atoms with van der Waals surface area (Å²) < 4.78 is 32.5. The van der Waals surface area contributed by atoms with E-state index < -0.39 is 23.6 Å². The number of nitrogens with zero attached hydrogens (tertiary/aromatic N) is 1. The van der Waals surface area contributed by atoms with Crippen LogP contribution in [0.1, 0.15) is 22.0 Å². The molecule has 1 aliphatic rings. The quantitative estimate of drug-likeness (QED) is 0.751. The van der Waals surface area contributed by atoms with E-state index in [-0.39, 0.29) is 29.3 Å². The molecule has 126 valence electrons. The lowest BCUT2D eigenvalue weighted by molar-refractivity contribution is 0.0930. The zero-order chi connectivity index (χ0) is 17.6. The van der Waals surface area contributed by atoms with E-state index in [1.165, 1.54) is 0 Å². The Morgan fingerprint density at radius 2 is 2.04 bits per heavy atom. The molecule has 1 amide bonds. The number of halogens is 2. The highest BCUT2D eigenvalue weighted by atomic mass is 19.1. The Morgan fingerprint density at radius 3 is 2.88 bits per heavy atom. The van der Waals surface area contributed by atoms with Crippen LogP contribution in [-0.2, 0) is 0 Å². The third kappa shape index (κ3) is 2.63. The molecular formula is C18H13F2N3O2. The van der Waals surface area contributed by atoms with Gasteiger partial charge in [0.15, 0.2) is 0 Å². The first kappa shape index (κ1) is 15.3. The van der Waals surface area contributed by atoms with Crippen LogP contribution in [-0.4, -0.2) is 17.5 Å². The molecule has 3 N–H and O–H groups in total. The fourth-order valence-corrected chi connectivity index (χ4v) is 2.94. The van der Waals surface area contributed by atoms with Gasteiger partial charge in [0.1, 0.15) is 29.8 Å². The van der Waals surface area contributed by atoms with Crippen LogP contribution in [0.3, 0.4) is 0 Å². The number of amides is 1. The predicted molar refractivity (Wildman–Crippen MR) is 88.2 cm³/mol. The number of carbonyl (C=O) groups is 1. The summed E-state index contributed by atoms with van der Waals surface area (Å²) >= 11 is 0. The highest BCUT2D eigenvalue weighted by molar-refractivity contribution is 6.02. The highest BCUT2D eigenvalue weighted by Crippen LogP contribution is 2.35. The first-order valence-electron chi connectivity index (χ1n) is 7.61. The van der Waals surface area contributed by atoms with Gasteiger partial charge in [0, 0.05) is 17.5 Å². The molecule has 4 rings (SSSR count). The molecule has 1 unspecified atom stereocenters. The fraction of sp³-hybridized carbons (Fsp3) is 0.111. The van der Waals surface area contributed by atoms with Gasteiger partial charge in [-0.25, -0.2) is 13.8 Å². The molecular weight excluding hydrogens is 328 g/mol. The number of carbonyl (C=O) groups excluding carboxylic acids is 1. The number of nitrogens with two attached hydrogens (primary N) is 1. The zero-order valence-electron chi connectivity index (χ0n) is 12.9. The second kappa shape index (κ2) is 5.70. The first-order valence-corrected chi connectivity index (χ1v) is 7.61. The summed E-state index contributed by atoms with van der Waals surface area (Å²) in [5.74, 6) is -1.82. The van der Waals surface area contributed by atoms with Gasteiger partial charge in [-0.15, -0.1) is 0 Å². The molecule has 25 heavy (non-hydrogen) atoms. The molecule has 2 heterocycles. The van der Waals surface area contributed by atoms with Gasteiger partial charge in [-0.1, -0.05) is 18.2 Å². The minimum atomic E-state index is -0.762. The highest BCUT2D eigenvalue weighted by Gasteiger charge is 2.30. The number of ether oxygens (including phenoxy) is 1. The van der Waals surface area contributed by atoms with Gasteiger partial charge in [0.2, 0.25) is 0 Å². The van der Waals surface area contributed by atoms with E-state index in [1.54, 1.807) is 12.1 Å². The molecule has 7 heteroatoms. The van der Waals surface area contributed by atoms with E-state index in [0.29, 0.717) is 5.52 Å². The molecule has 0 fully saturated rings. The molecule has 0 bridgehead atoms. The van der Waals surface area contributed by atoms with E-state index in [9.17, 15) is 13.6 Å². The third-order valence-electron chi connectivity index (χ3n) is 4.11. The SMILES string of the molecule is Nc1nc2ccccc2cc1C(=O)NC1COc2cc(F)cc(F)c21. The molecule has 1 atom stereocenters. The number of nitrogen functional groups attached to an aromatic ring is 1. The van der Waals surface area contributed by atoms with Crippen LogP contribution >= 0.6 is 0 Å². The number of anilines is 1. The van der Waals surface area contributed by atoms with Crippen LogP contribution in [0.15, 0.2) is 42.5 Å². The Kier molecular flexibility index (Phi) is 3.49. The lowest BCUT2D eigenvalue weighted by Crippen LogP contribution is -2.30. The zero-order valence-corrected chi connectivity index (χ0v) is 12.9. The van der Waals surface area contributed by atoms with Crippen LogP contribution < -0.4 is 15.8 Å². The molecule has 0 saturated heterocycles. The molecule has 1 aromatic heterocycles. The number of benzene rings is 2. The maximum absolute atomic E-state index is 14.0. The van der Waals surface area contributed by atoms with E-state index in [2.05, 4.69) is 10.3 Å². The van der Waals surface area contributed by atoms with E-state index in [1.807, 2.05) is 18.2 Å². The minimum absolute atomic E-state index is 0.0162. The summed E-state index contributed by atoms with van der Waals surface area (Å²) in [5.41, 5.74) is 6.87. The molecule has 2 aromatic carbocycles. The van der Waals surface area contributed by atoms with Gasteiger partial charge in [-0.05, 0) is 12.1 Å². The number of aromatic nitrogens is 1. The van der Waals surface area contributed by atoms with Crippen molar-refractivity contribution in [2.45, 2.75) is 6.04 Å². The summed E-state index contributed by atoms with van der Waals surface area (Å²) in [7, 11) is 0. The summed E-state index contributed by atoms with van der Waals surface area (Å²) in [4.78, 5) is 16.8. The molecule has 0 spiro atoms. The standard InChI is InChI=1S/C18H13F2N3O2/c19-10-6-12(20)16-14(8-25-15(16)7-10)23-18(24)11-5-9-3-1-2-4-13(9)22-17(11)21/h1-7,14H,8H2,(H2,21,22)(H,23,24). The van der Waals surface area contributed by atoms with E-state index in [0.717, 1.165) is 17.5 Å². The van der Waals surface area contributed by atoms with Crippen LogP contribution in [0.2, 0.25) is 0 Å². The van der Waals surface area contributed by atoms with Crippen molar-refractivity contribution in [1.82, 2.24) is 10.3 Å². The molecule has 0 saturated carbocycles. The Bertz CT molecular complexity index is 1010. The summed E-state index contributed by atoms with van der Waals surface area (Å²) in [6, 6.07) is 10.0. The maximum Gasteiger partial charge on any atom is 0.255 e. The first-order chi connectivity index (χ1) is 12.0. The number of pyridine rings is 1. The molecule has 0 aliphatic carbocycles. The fourth-order valence-electron chi connectivity index (χ4n) is 2.94. The van der Waals surface area contributed by atoms with E-state index >= 15 is 0 Å². The molecule has 5 nitrogen and oxygen atoms in total. The molecule has 1 aliphatic heterocycles. The van der Waals surface area contributed by atoms with Crippen LogP contribution in [0.5, 0.6) is 5.75 Å². The summed E-state index contributed by atoms with van der Waals surface area (Å²) in [6.07, 6.45) is 0. The topological polar surface area (TPSA) is 77.2 Å². The number of para-hydroxylation sites is 1. The Hall–Kier alpha value is -3.22. The van der Waals surface area contributed by atoms with Gasteiger partial charge in [0.25, 0.3) is 5.91 Å². The van der Waals surface area contributed by atoms with Gasteiger partial charge in [0.05, 0.1) is 22.7 Å². The molecule has 3 aromatic rings. The van der Waals surface area contributed by atoms with Crippen molar-refractivity contribution >= 4 is 22.6 Å². The normalized spacial score (nSPS) is 15.7. The van der Waals surface area contributed by atoms with Crippen LogP contribution in [0.4, 0.5) is 14.6 Å². The van der Waals surface area contributed by atoms with Crippen molar-refractivity contribution < 1.29 is 18.3 Å². The second-order valence-corrected chi connectivity index (χ2v) is 5.75. The number of hydrogen-bond acceptors (Lipinski definition) is 4. The Balaban J connectivity index is 1.65. The van der Waals surface area contributed by atoms with Gasteiger partial charge >= 0.3 is 0 Å². The van der Waals surface area contributed by atoms with Crippen molar-refractivity contribution in [3.8, 4) is 5.75 Å². The number of nitrogens with one attached hydrogen (secondary N) is 1. The average molecular weight is 341 g/mol. The van der Waals surface area contributed by atoms with Crippen molar-refractivity contribution in [1.29, 1.82) is 0 Å². The summed E-state index contributed by atoms with van der Waals surface area (Å²) in [5, 5.41) is 3.43. The lowest BCUT2D eigenvalue weighted by atomic mass is 10.1. The largest absolute Gasteiger partial charge is 0.490 e. The third-order valence-corrected chi connectivity index (χ3v) is 4.11. The Labute approximate surface area is 141 Å². The van der Waals surface area contributed by atoms with Crippen molar-refractivity contribution in [3.05, 3.63) is 65.2 Å². The van der Waals surface area contributed by atoms with Crippen molar-refractivity contribution in [3.63, 3.8) is 0 Å². The van der Waals surface area contributed by atoms with Crippen molar-refractivity contribution in [2.75, 3.05) is 12.3 Å². The number of fused-ring (bicyclic) bond motifs is 2. The second-order valence-electron chi connectivity index (χ2n) is 5.75. The smallest absolute Gasteiger partial charge is 0.255 e. The average Bonchev–Trinajstić information content (AvgIpc) is 2.96. The molecule has 0 radical (unpaired) electrons. The van der Waals surface area contributed by atoms with Gasteiger partial charge in [-0.2, -0.15) is 0 Å². The van der Waals surface area contributed by atoms with E-state index in [4.69, 9.17) is 10.5 Å². The predicted octanol–water partition coefficient (Wildman–Crippen LogP) is 2.96. The Morgan fingerprint density at radius 1 is 1.24 bits per heavy atom. The van der Waals surface area contributed by atoms with Crippen LogP contribution in [0.25, 0.3) is 10.9 Å².